The third-order valence-corrected chi connectivity index (χ3v) is 5.47. The minimum absolute atomic E-state index is 0.0235. The molecule has 2 heterocycles. The lowest BCUT2D eigenvalue weighted by atomic mass is 9.90. The Balaban J connectivity index is 1.71. The number of hydrogen-bond acceptors (Lipinski definition) is 4. The van der Waals surface area contributed by atoms with Crippen molar-refractivity contribution in [3.8, 4) is 0 Å². The van der Waals surface area contributed by atoms with Crippen LogP contribution < -0.4 is 5.32 Å². The maximum Gasteiger partial charge on any atom is 0.241 e. The molecule has 1 aromatic rings. The van der Waals surface area contributed by atoms with E-state index < -0.39 is 5.79 Å². The zero-order chi connectivity index (χ0) is 20.0. The molecular weight excluding hydrogens is 356 g/mol. The van der Waals surface area contributed by atoms with Crippen molar-refractivity contribution in [3.05, 3.63) is 35.9 Å². The number of carbonyl (C=O) groups is 1. The number of hydrogen-bond donors (Lipinski definition) is 1. The molecule has 1 N–H and O–H groups in total. The molecule has 0 spiro atoms. The zero-order valence-corrected chi connectivity index (χ0v) is 17.2. The van der Waals surface area contributed by atoms with Crippen LogP contribution in [0.5, 0.6) is 0 Å². The first kappa shape index (κ1) is 20.6. The maximum absolute atomic E-state index is 12.1. The number of carbonyl (C=O) groups excluding carboxylic acids is 1. The van der Waals surface area contributed by atoms with E-state index in [9.17, 15) is 4.79 Å². The van der Waals surface area contributed by atoms with Gasteiger partial charge in [-0.25, -0.2) is 4.99 Å². The van der Waals surface area contributed by atoms with Gasteiger partial charge in [0.2, 0.25) is 5.91 Å². The standard InChI is InChI=1S/C21H32N4O3/c1-21(27-12-13-28-21)18-10-7-11-25(16-18)20(23-15-19(26)24(2)3)22-14-17-8-5-4-6-9-17/h4-6,8-9,18H,7,10-16H2,1-3H3,(H,22,23). The number of likely N-dealkylation sites (tertiary alicyclic amines) is 1. The van der Waals surface area contributed by atoms with E-state index in [-0.39, 0.29) is 18.4 Å². The van der Waals surface area contributed by atoms with E-state index in [2.05, 4.69) is 22.3 Å². The normalized spacial score (nSPS) is 22.2. The van der Waals surface area contributed by atoms with Gasteiger partial charge in [-0.3, -0.25) is 4.79 Å². The number of amides is 1. The van der Waals surface area contributed by atoms with E-state index >= 15 is 0 Å². The Morgan fingerprint density at radius 2 is 2.00 bits per heavy atom. The van der Waals surface area contributed by atoms with Crippen LogP contribution in [0.4, 0.5) is 0 Å². The summed E-state index contributed by atoms with van der Waals surface area (Å²) in [5.41, 5.74) is 1.14. The lowest BCUT2D eigenvalue weighted by Gasteiger charge is -2.41. The molecule has 7 nitrogen and oxygen atoms in total. The summed E-state index contributed by atoms with van der Waals surface area (Å²) in [5, 5.41) is 3.27. The van der Waals surface area contributed by atoms with Crippen molar-refractivity contribution < 1.29 is 14.3 Å². The summed E-state index contributed by atoms with van der Waals surface area (Å²) in [7, 11) is 3.52. The van der Waals surface area contributed by atoms with Crippen molar-refractivity contribution in [2.75, 3.05) is 46.9 Å². The second kappa shape index (κ2) is 9.39. The molecule has 2 saturated heterocycles. The molecule has 1 amide bonds. The molecule has 0 saturated carbocycles. The number of guanidine groups is 1. The smallest absolute Gasteiger partial charge is 0.241 e. The van der Waals surface area contributed by atoms with Crippen LogP contribution in [0.2, 0.25) is 0 Å². The summed E-state index contributed by atoms with van der Waals surface area (Å²) in [6, 6.07) is 10.2. The molecule has 7 heteroatoms. The monoisotopic (exact) mass is 388 g/mol. The van der Waals surface area contributed by atoms with Gasteiger partial charge < -0.3 is 24.6 Å². The molecular formula is C21H32N4O3. The number of rotatable bonds is 5. The Morgan fingerprint density at radius 1 is 1.29 bits per heavy atom. The van der Waals surface area contributed by atoms with Crippen molar-refractivity contribution in [2.24, 2.45) is 10.9 Å². The zero-order valence-electron chi connectivity index (χ0n) is 17.2. The van der Waals surface area contributed by atoms with Crippen molar-refractivity contribution >= 4 is 11.9 Å². The third kappa shape index (κ3) is 5.23. The second-order valence-electron chi connectivity index (χ2n) is 7.77. The molecule has 1 aromatic carbocycles. The van der Waals surface area contributed by atoms with E-state index in [1.807, 2.05) is 25.1 Å². The van der Waals surface area contributed by atoms with Crippen molar-refractivity contribution in [1.82, 2.24) is 15.1 Å². The first-order valence-corrected chi connectivity index (χ1v) is 10.0. The summed E-state index contributed by atoms with van der Waals surface area (Å²) in [6.45, 7) is 5.85. The van der Waals surface area contributed by atoms with Crippen LogP contribution >= 0.6 is 0 Å². The van der Waals surface area contributed by atoms with Gasteiger partial charge >= 0.3 is 0 Å². The molecule has 0 aromatic heterocycles. The largest absolute Gasteiger partial charge is 0.347 e. The van der Waals surface area contributed by atoms with Gasteiger partial charge in [-0.15, -0.1) is 0 Å². The highest BCUT2D eigenvalue weighted by Gasteiger charge is 2.42. The summed E-state index contributed by atoms with van der Waals surface area (Å²) in [4.78, 5) is 20.7. The average molecular weight is 389 g/mol. The van der Waals surface area contributed by atoms with Crippen LogP contribution in [-0.2, 0) is 20.8 Å². The Bertz CT molecular complexity index is 671. The van der Waals surface area contributed by atoms with Crippen molar-refractivity contribution in [1.29, 1.82) is 0 Å². The molecule has 3 rings (SSSR count). The van der Waals surface area contributed by atoms with Gasteiger partial charge in [0.25, 0.3) is 0 Å². The molecule has 1 unspecified atom stereocenters. The highest BCUT2D eigenvalue weighted by atomic mass is 16.7. The van der Waals surface area contributed by atoms with E-state index in [0.29, 0.717) is 19.8 Å². The molecule has 1 atom stereocenters. The fourth-order valence-corrected chi connectivity index (χ4v) is 3.69. The molecule has 2 aliphatic heterocycles. The number of nitrogens with zero attached hydrogens (tertiary/aromatic N) is 3. The van der Waals surface area contributed by atoms with Gasteiger partial charge in [0.05, 0.1) is 26.3 Å². The predicted octanol–water partition coefficient (Wildman–Crippen LogP) is 1.70. The lowest BCUT2D eigenvalue weighted by molar-refractivity contribution is -0.189. The second-order valence-corrected chi connectivity index (χ2v) is 7.77. The van der Waals surface area contributed by atoms with Crippen LogP contribution in [0.1, 0.15) is 25.3 Å². The summed E-state index contributed by atoms with van der Waals surface area (Å²) >= 11 is 0. The summed E-state index contributed by atoms with van der Waals surface area (Å²) < 4.78 is 11.8. The van der Waals surface area contributed by atoms with Gasteiger partial charge in [-0.1, -0.05) is 30.3 Å². The molecule has 2 fully saturated rings. The molecule has 0 bridgehead atoms. The van der Waals surface area contributed by atoms with E-state index in [4.69, 9.17) is 14.5 Å². The molecule has 28 heavy (non-hydrogen) atoms. The molecule has 154 valence electrons. The minimum atomic E-state index is -0.525. The number of piperidine rings is 1. The topological polar surface area (TPSA) is 66.4 Å². The minimum Gasteiger partial charge on any atom is -0.347 e. The molecule has 0 aliphatic carbocycles. The number of ether oxygens (including phenoxy) is 2. The van der Waals surface area contributed by atoms with E-state index in [0.717, 1.165) is 37.5 Å². The molecule has 2 aliphatic rings. The molecule has 0 radical (unpaired) electrons. The first-order valence-electron chi connectivity index (χ1n) is 10.0. The van der Waals surface area contributed by atoms with Gasteiger partial charge in [0.15, 0.2) is 11.7 Å². The van der Waals surface area contributed by atoms with Gasteiger partial charge in [0.1, 0.15) is 0 Å². The Labute approximate surface area is 167 Å². The van der Waals surface area contributed by atoms with Crippen molar-refractivity contribution in [2.45, 2.75) is 32.1 Å². The summed E-state index contributed by atoms with van der Waals surface area (Å²) in [5.74, 6) is 0.542. The highest BCUT2D eigenvalue weighted by Crippen LogP contribution is 2.34. The van der Waals surface area contributed by atoms with Crippen LogP contribution in [0, 0.1) is 5.92 Å². The van der Waals surface area contributed by atoms with Gasteiger partial charge in [-0.05, 0) is 25.3 Å². The lowest BCUT2D eigenvalue weighted by Crippen LogP contribution is -2.53. The fraction of sp³-hybridized carbons (Fsp3) is 0.619. The number of nitrogens with one attached hydrogen (secondary N) is 1. The summed E-state index contributed by atoms with van der Waals surface area (Å²) in [6.07, 6.45) is 2.11. The third-order valence-electron chi connectivity index (χ3n) is 5.47. The predicted molar refractivity (Wildman–Crippen MR) is 109 cm³/mol. The highest BCUT2D eigenvalue weighted by molar-refractivity contribution is 5.86. The SMILES string of the molecule is CN(C)C(=O)CNC(=NCc1ccccc1)N1CCCC(C2(C)OCCO2)C1. The van der Waals surface area contributed by atoms with Crippen LogP contribution in [0.25, 0.3) is 0 Å². The van der Waals surface area contributed by atoms with E-state index in [1.54, 1.807) is 19.0 Å². The van der Waals surface area contributed by atoms with Gasteiger partial charge in [0, 0.05) is 33.1 Å². The number of likely N-dealkylation sites (N-methyl/N-ethyl adjacent to an activating group) is 1. The Kier molecular flexibility index (Phi) is 6.91. The van der Waals surface area contributed by atoms with Crippen molar-refractivity contribution in [3.63, 3.8) is 0 Å². The van der Waals surface area contributed by atoms with Crippen LogP contribution in [-0.4, -0.2) is 74.4 Å². The number of benzene rings is 1. The van der Waals surface area contributed by atoms with Crippen LogP contribution in [0.15, 0.2) is 35.3 Å². The maximum atomic E-state index is 12.1. The quantitative estimate of drug-likeness (QED) is 0.614. The fourth-order valence-electron chi connectivity index (χ4n) is 3.69. The van der Waals surface area contributed by atoms with E-state index in [1.165, 1.54) is 0 Å². The van der Waals surface area contributed by atoms with Gasteiger partial charge in [-0.2, -0.15) is 0 Å². The number of aliphatic imine (C=N–C) groups is 1. The first-order chi connectivity index (χ1) is 13.5. The average Bonchev–Trinajstić information content (AvgIpc) is 3.16. The van der Waals surface area contributed by atoms with Crippen LogP contribution in [0.3, 0.4) is 0 Å². The Morgan fingerprint density at radius 3 is 2.68 bits per heavy atom. The Hall–Kier alpha value is -2.12.